The van der Waals surface area contributed by atoms with Crippen LogP contribution in [0, 0.1) is 0 Å². The average Bonchev–Trinajstić information content (AvgIpc) is 3.09. The van der Waals surface area contributed by atoms with Crippen molar-refractivity contribution in [2.45, 2.75) is 32.2 Å². The van der Waals surface area contributed by atoms with E-state index in [2.05, 4.69) is 57.5 Å². The van der Waals surface area contributed by atoms with Crippen LogP contribution in [0.15, 0.2) is 35.7 Å². The van der Waals surface area contributed by atoms with Crippen LogP contribution in [0.3, 0.4) is 0 Å². The summed E-state index contributed by atoms with van der Waals surface area (Å²) in [5, 5.41) is 3.51. The largest absolute Gasteiger partial charge is 0.355 e. The quantitative estimate of drug-likeness (QED) is 0.620. The van der Waals surface area contributed by atoms with Crippen molar-refractivity contribution in [3.8, 4) is 11.1 Å². The summed E-state index contributed by atoms with van der Waals surface area (Å²) in [5.41, 5.74) is 2.53. The molecule has 0 aliphatic carbocycles. The first kappa shape index (κ1) is 19.9. The highest BCUT2D eigenvalue weighted by Gasteiger charge is 2.22. The van der Waals surface area contributed by atoms with Gasteiger partial charge in [-0.25, -0.2) is 9.97 Å². The van der Waals surface area contributed by atoms with Gasteiger partial charge in [-0.05, 0) is 51.5 Å². The lowest BCUT2D eigenvalue weighted by molar-refractivity contribution is 0.216. The molecule has 0 N–H and O–H groups in total. The molecular formula is C24H31N5S. The van der Waals surface area contributed by atoms with E-state index in [0.717, 1.165) is 49.2 Å². The molecule has 2 aliphatic rings. The Bertz CT molecular complexity index is 980. The Morgan fingerprint density at radius 2 is 1.70 bits per heavy atom. The van der Waals surface area contributed by atoms with Crippen molar-refractivity contribution in [2.75, 3.05) is 51.2 Å². The fourth-order valence-electron chi connectivity index (χ4n) is 4.67. The van der Waals surface area contributed by atoms with Crippen molar-refractivity contribution < 1.29 is 0 Å². The first-order valence-electron chi connectivity index (χ1n) is 11.3. The second kappa shape index (κ2) is 9.00. The van der Waals surface area contributed by atoms with Gasteiger partial charge in [-0.15, -0.1) is 11.3 Å². The number of fused-ring (bicyclic) bond motifs is 1. The maximum Gasteiger partial charge on any atom is 0.146 e. The van der Waals surface area contributed by atoms with Crippen LogP contribution in [-0.2, 0) is 6.54 Å². The summed E-state index contributed by atoms with van der Waals surface area (Å²) in [6.45, 7) is 7.53. The first-order chi connectivity index (χ1) is 14.8. The maximum absolute atomic E-state index is 5.21. The Morgan fingerprint density at radius 1 is 0.867 bits per heavy atom. The van der Waals surface area contributed by atoms with E-state index < -0.39 is 0 Å². The van der Waals surface area contributed by atoms with Crippen molar-refractivity contribution in [2.24, 2.45) is 0 Å². The minimum atomic E-state index is 0.870. The molecule has 3 aromatic rings. The van der Waals surface area contributed by atoms with E-state index in [4.69, 9.17) is 9.97 Å². The summed E-state index contributed by atoms with van der Waals surface area (Å²) in [6, 6.07) is 10.7. The summed E-state index contributed by atoms with van der Waals surface area (Å²) < 4.78 is 0. The number of thiophene rings is 1. The normalized spacial score (nSPS) is 19.3. The van der Waals surface area contributed by atoms with Crippen LogP contribution in [0.4, 0.5) is 5.82 Å². The molecule has 5 rings (SSSR count). The van der Waals surface area contributed by atoms with Crippen LogP contribution in [-0.4, -0.2) is 66.1 Å². The van der Waals surface area contributed by atoms with Crippen LogP contribution in [0.25, 0.3) is 21.3 Å². The zero-order valence-electron chi connectivity index (χ0n) is 17.9. The molecule has 158 valence electrons. The number of anilines is 1. The lowest BCUT2D eigenvalue weighted by Gasteiger charge is -2.27. The van der Waals surface area contributed by atoms with Gasteiger partial charge in [0.1, 0.15) is 16.5 Å². The standard InChI is InChI=1S/C24H31N5S/c1-27-11-8-14-29(16-15-27)23-22-20(19-9-4-2-5-10-19)18-30-24(22)26-21(25-23)17-28-12-6-3-7-13-28/h2,4-5,9-10,18H,3,6-8,11-17H2,1H3. The average molecular weight is 422 g/mol. The highest BCUT2D eigenvalue weighted by Crippen LogP contribution is 2.38. The third kappa shape index (κ3) is 4.22. The third-order valence-corrected chi connectivity index (χ3v) is 7.25. The fraction of sp³-hybridized carbons (Fsp3) is 0.500. The lowest BCUT2D eigenvalue weighted by atomic mass is 10.1. The Hall–Kier alpha value is -2.02. The van der Waals surface area contributed by atoms with Gasteiger partial charge >= 0.3 is 0 Å². The molecular weight excluding hydrogens is 390 g/mol. The van der Waals surface area contributed by atoms with Gasteiger partial charge in [0.2, 0.25) is 0 Å². The fourth-order valence-corrected chi connectivity index (χ4v) is 5.63. The summed E-state index contributed by atoms with van der Waals surface area (Å²) in [4.78, 5) is 18.8. The molecule has 4 heterocycles. The van der Waals surface area contributed by atoms with Crippen molar-refractivity contribution in [1.82, 2.24) is 19.8 Å². The summed E-state index contributed by atoms with van der Waals surface area (Å²) in [5.74, 6) is 2.13. The van der Waals surface area contributed by atoms with Gasteiger partial charge in [-0.2, -0.15) is 0 Å². The highest BCUT2D eigenvalue weighted by atomic mass is 32.1. The maximum atomic E-state index is 5.21. The van der Waals surface area contributed by atoms with E-state index in [0.29, 0.717) is 0 Å². The Balaban J connectivity index is 1.57. The summed E-state index contributed by atoms with van der Waals surface area (Å²) in [7, 11) is 2.22. The molecule has 1 aromatic carbocycles. The molecule has 0 atom stereocenters. The second-order valence-corrected chi connectivity index (χ2v) is 9.50. The van der Waals surface area contributed by atoms with Crippen LogP contribution >= 0.6 is 11.3 Å². The molecule has 2 aliphatic heterocycles. The van der Waals surface area contributed by atoms with Gasteiger partial charge in [-0.1, -0.05) is 36.8 Å². The van der Waals surface area contributed by atoms with E-state index in [1.54, 1.807) is 11.3 Å². The number of aromatic nitrogens is 2. The number of hydrogen-bond donors (Lipinski definition) is 0. The summed E-state index contributed by atoms with van der Waals surface area (Å²) >= 11 is 1.76. The molecule has 30 heavy (non-hydrogen) atoms. The Morgan fingerprint density at radius 3 is 2.53 bits per heavy atom. The minimum absolute atomic E-state index is 0.870. The minimum Gasteiger partial charge on any atom is -0.355 e. The first-order valence-corrected chi connectivity index (χ1v) is 12.2. The van der Waals surface area contributed by atoms with Gasteiger partial charge in [-0.3, -0.25) is 4.90 Å². The van der Waals surface area contributed by atoms with Gasteiger partial charge in [0.25, 0.3) is 0 Å². The summed E-state index contributed by atoms with van der Waals surface area (Å²) in [6.07, 6.45) is 5.12. The highest BCUT2D eigenvalue weighted by molar-refractivity contribution is 7.17. The zero-order valence-corrected chi connectivity index (χ0v) is 18.7. The van der Waals surface area contributed by atoms with E-state index in [-0.39, 0.29) is 0 Å². The molecule has 0 radical (unpaired) electrons. The molecule has 2 saturated heterocycles. The third-order valence-electron chi connectivity index (χ3n) is 6.38. The molecule has 0 bridgehead atoms. The van der Waals surface area contributed by atoms with Gasteiger partial charge < -0.3 is 9.80 Å². The predicted octanol–water partition coefficient (Wildman–Crippen LogP) is 4.49. The van der Waals surface area contributed by atoms with Gasteiger partial charge in [0.05, 0.1) is 11.9 Å². The van der Waals surface area contributed by atoms with Crippen molar-refractivity contribution >= 4 is 27.4 Å². The number of likely N-dealkylation sites (N-methyl/N-ethyl adjacent to an activating group) is 1. The number of nitrogens with zero attached hydrogens (tertiary/aromatic N) is 5. The van der Waals surface area contributed by atoms with Crippen LogP contribution in [0.1, 0.15) is 31.5 Å². The molecule has 0 amide bonds. The molecule has 0 unspecified atom stereocenters. The molecule has 0 spiro atoms. The monoisotopic (exact) mass is 421 g/mol. The van der Waals surface area contributed by atoms with E-state index >= 15 is 0 Å². The van der Waals surface area contributed by atoms with Crippen molar-refractivity contribution in [1.29, 1.82) is 0 Å². The van der Waals surface area contributed by atoms with Crippen LogP contribution in [0.2, 0.25) is 0 Å². The van der Waals surface area contributed by atoms with E-state index in [1.165, 1.54) is 55.3 Å². The number of hydrogen-bond acceptors (Lipinski definition) is 6. The topological polar surface area (TPSA) is 35.5 Å². The van der Waals surface area contributed by atoms with E-state index in [1.807, 2.05) is 0 Å². The van der Waals surface area contributed by atoms with Gasteiger partial charge in [0, 0.05) is 30.6 Å². The van der Waals surface area contributed by atoms with Crippen molar-refractivity contribution in [3.63, 3.8) is 0 Å². The number of benzene rings is 1. The molecule has 0 saturated carbocycles. The molecule has 2 fully saturated rings. The molecule has 2 aromatic heterocycles. The predicted molar refractivity (Wildman–Crippen MR) is 126 cm³/mol. The lowest BCUT2D eigenvalue weighted by Crippen LogP contribution is -2.32. The Labute approximate surface area is 183 Å². The van der Waals surface area contributed by atoms with Crippen molar-refractivity contribution in [3.05, 3.63) is 41.5 Å². The zero-order chi connectivity index (χ0) is 20.3. The van der Waals surface area contributed by atoms with Crippen LogP contribution < -0.4 is 4.90 Å². The van der Waals surface area contributed by atoms with E-state index in [9.17, 15) is 0 Å². The Kier molecular flexibility index (Phi) is 5.97. The van der Waals surface area contributed by atoms with Crippen LogP contribution in [0.5, 0.6) is 0 Å². The number of piperidine rings is 1. The molecule has 6 heteroatoms. The number of likely N-dealkylation sites (tertiary alicyclic amines) is 1. The van der Waals surface area contributed by atoms with Gasteiger partial charge in [0.15, 0.2) is 0 Å². The second-order valence-electron chi connectivity index (χ2n) is 8.64. The smallest absolute Gasteiger partial charge is 0.146 e. The number of rotatable bonds is 4. The SMILES string of the molecule is CN1CCCN(c2nc(CN3CCCCC3)nc3scc(-c4ccccc4)c23)CC1. The molecule has 5 nitrogen and oxygen atoms in total.